The van der Waals surface area contributed by atoms with Crippen molar-refractivity contribution in [2.45, 2.75) is 52.0 Å². The van der Waals surface area contributed by atoms with Crippen LogP contribution in [0.2, 0.25) is 0 Å². The van der Waals surface area contributed by atoms with E-state index in [-0.39, 0.29) is 5.54 Å². The number of nitrogens with zero attached hydrogens (tertiary/aromatic N) is 1. The SMILES string of the molecule is CC1CC(C)(C)CC(N)(Cc2nc3ccccc3s2)C1. The molecule has 20 heavy (non-hydrogen) atoms. The number of aromatic nitrogens is 1. The first-order valence-corrected chi connectivity index (χ1v) is 8.30. The van der Waals surface area contributed by atoms with Gasteiger partial charge in [-0.3, -0.25) is 0 Å². The Kier molecular flexibility index (Phi) is 3.38. The van der Waals surface area contributed by atoms with Gasteiger partial charge >= 0.3 is 0 Å². The van der Waals surface area contributed by atoms with E-state index in [1.807, 2.05) is 0 Å². The molecule has 1 heterocycles. The summed E-state index contributed by atoms with van der Waals surface area (Å²) in [6.45, 7) is 7.03. The number of rotatable bonds is 2. The lowest BCUT2D eigenvalue weighted by molar-refractivity contribution is 0.108. The number of para-hydroxylation sites is 1. The summed E-state index contributed by atoms with van der Waals surface area (Å²) in [7, 11) is 0. The lowest BCUT2D eigenvalue weighted by Gasteiger charge is -2.45. The smallest absolute Gasteiger partial charge is 0.0956 e. The van der Waals surface area contributed by atoms with Crippen molar-refractivity contribution in [3.05, 3.63) is 29.3 Å². The standard InChI is InChI=1S/C17H24N2S/c1-12-8-16(2,3)11-17(18,9-12)10-15-19-13-6-4-5-7-14(13)20-15/h4-7,12H,8-11,18H2,1-3H3. The van der Waals surface area contributed by atoms with Crippen molar-refractivity contribution < 1.29 is 0 Å². The van der Waals surface area contributed by atoms with Crippen LogP contribution in [0.1, 0.15) is 45.0 Å². The molecule has 1 aliphatic rings. The molecule has 3 heteroatoms. The molecule has 0 saturated heterocycles. The first kappa shape index (κ1) is 14.0. The second-order valence-corrected chi connectivity index (χ2v) is 8.58. The summed E-state index contributed by atoms with van der Waals surface area (Å²) in [5.74, 6) is 0.707. The van der Waals surface area contributed by atoms with E-state index in [1.165, 1.54) is 16.1 Å². The van der Waals surface area contributed by atoms with E-state index in [9.17, 15) is 0 Å². The van der Waals surface area contributed by atoms with Crippen LogP contribution in [0.5, 0.6) is 0 Å². The molecule has 1 aromatic carbocycles. The Morgan fingerprint density at radius 2 is 2.05 bits per heavy atom. The van der Waals surface area contributed by atoms with E-state index in [0.29, 0.717) is 11.3 Å². The van der Waals surface area contributed by atoms with Gasteiger partial charge in [0.25, 0.3) is 0 Å². The van der Waals surface area contributed by atoms with Crippen LogP contribution < -0.4 is 5.73 Å². The molecule has 108 valence electrons. The highest BCUT2D eigenvalue weighted by Gasteiger charge is 2.40. The zero-order valence-electron chi connectivity index (χ0n) is 12.6. The Hall–Kier alpha value is -0.930. The quantitative estimate of drug-likeness (QED) is 0.890. The summed E-state index contributed by atoms with van der Waals surface area (Å²) in [5, 5.41) is 1.19. The fraction of sp³-hybridized carbons (Fsp3) is 0.588. The molecule has 3 rings (SSSR count). The van der Waals surface area contributed by atoms with Gasteiger partial charge in [0.1, 0.15) is 0 Å². The zero-order chi connectivity index (χ0) is 14.4. The van der Waals surface area contributed by atoms with Gasteiger partial charge in [-0.05, 0) is 42.7 Å². The predicted molar refractivity (Wildman–Crippen MR) is 87.0 cm³/mol. The molecular weight excluding hydrogens is 264 g/mol. The average molecular weight is 288 g/mol. The van der Waals surface area contributed by atoms with E-state index >= 15 is 0 Å². The Morgan fingerprint density at radius 3 is 2.75 bits per heavy atom. The van der Waals surface area contributed by atoms with Gasteiger partial charge in [0, 0.05) is 12.0 Å². The molecule has 1 fully saturated rings. The van der Waals surface area contributed by atoms with E-state index in [1.54, 1.807) is 11.3 Å². The summed E-state index contributed by atoms with van der Waals surface area (Å²) in [5.41, 5.74) is 8.12. The molecule has 2 N–H and O–H groups in total. The van der Waals surface area contributed by atoms with Gasteiger partial charge < -0.3 is 5.73 Å². The number of benzene rings is 1. The van der Waals surface area contributed by atoms with Crippen LogP contribution in [0, 0.1) is 11.3 Å². The molecule has 1 aliphatic carbocycles. The van der Waals surface area contributed by atoms with Crippen LogP contribution in [-0.2, 0) is 6.42 Å². The third-order valence-corrected chi connectivity index (χ3v) is 5.36. The monoisotopic (exact) mass is 288 g/mol. The molecule has 0 amide bonds. The van der Waals surface area contributed by atoms with E-state index in [0.717, 1.165) is 24.8 Å². The number of nitrogens with two attached hydrogens (primary N) is 1. The van der Waals surface area contributed by atoms with Crippen molar-refractivity contribution in [1.82, 2.24) is 4.98 Å². The van der Waals surface area contributed by atoms with Crippen LogP contribution in [0.25, 0.3) is 10.2 Å². The highest BCUT2D eigenvalue weighted by molar-refractivity contribution is 7.18. The second-order valence-electron chi connectivity index (χ2n) is 7.47. The summed E-state index contributed by atoms with van der Waals surface area (Å²) in [4.78, 5) is 4.76. The van der Waals surface area contributed by atoms with Gasteiger partial charge in [0.15, 0.2) is 0 Å². The van der Waals surface area contributed by atoms with Crippen molar-refractivity contribution in [2.24, 2.45) is 17.1 Å². The fourth-order valence-electron chi connectivity index (χ4n) is 4.24. The number of hydrogen-bond donors (Lipinski definition) is 1. The molecule has 0 spiro atoms. The Bertz CT molecular complexity index is 583. The Balaban J connectivity index is 1.85. The van der Waals surface area contributed by atoms with Crippen LogP contribution in [0.4, 0.5) is 0 Å². The molecule has 1 saturated carbocycles. The first-order valence-electron chi connectivity index (χ1n) is 7.49. The lowest BCUT2D eigenvalue weighted by Crippen LogP contribution is -2.50. The molecule has 0 radical (unpaired) electrons. The number of fused-ring (bicyclic) bond motifs is 1. The fourth-order valence-corrected chi connectivity index (χ4v) is 5.36. The maximum atomic E-state index is 6.75. The minimum absolute atomic E-state index is 0.0883. The molecule has 0 bridgehead atoms. The van der Waals surface area contributed by atoms with E-state index < -0.39 is 0 Å². The molecule has 2 unspecified atom stereocenters. The maximum absolute atomic E-state index is 6.75. The Labute approximate surface area is 125 Å². The van der Waals surface area contributed by atoms with Gasteiger partial charge in [-0.15, -0.1) is 11.3 Å². The summed E-state index contributed by atoms with van der Waals surface area (Å²) < 4.78 is 1.27. The molecule has 2 atom stereocenters. The molecular formula is C17H24N2S. The average Bonchev–Trinajstić information content (AvgIpc) is 2.65. The number of hydrogen-bond acceptors (Lipinski definition) is 3. The molecule has 2 aromatic rings. The molecule has 2 nitrogen and oxygen atoms in total. The van der Waals surface area contributed by atoms with Crippen molar-refractivity contribution in [2.75, 3.05) is 0 Å². The normalized spacial score (nSPS) is 29.7. The minimum atomic E-state index is -0.0883. The van der Waals surface area contributed by atoms with E-state index in [4.69, 9.17) is 10.7 Å². The highest BCUT2D eigenvalue weighted by atomic mass is 32.1. The Morgan fingerprint density at radius 1 is 1.30 bits per heavy atom. The van der Waals surface area contributed by atoms with Crippen molar-refractivity contribution >= 4 is 21.6 Å². The summed E-state index contributed by atoms with van der Waals surface area (Å²) in [6, 6.07) is 8.36. The highest BCUT2D eigenvalue weighted by Crippen LogP contribution is 2.44. The van der Waals surface area contributed by atoms with Gasteiger partial charge in [0.2, 0.25) is 0 Å². The zero-order valence-corrected chi connectivity index (χ0v) is 13.5. The topological polar surface area (TPSA) is 38.9 Å². The van der Waals surface area contributed by atoms with Gasteiger partial charge in [-0.2, -0.15) is 0 Å². The predicted octanol–water partition coefficient (Wildman–Crippen LogP) is 4.38. The number of thiazole rings is 1. The van der Waals surface area contributed by atoms with Crippen molar-refractivity contribution in [1.29, 1.82) is 0 Å². The van der Waals surface area contributed by atoms with Gasteiger partial charge in [-0.1, -0.05) is 32.9 Å². The first-order chi connectivity index (χ1) is 9.35. The third-order valence-electron chi connectivity index (χ3n) is 4.33. The van der Waals surface area contributed by atoms with Crippen molar-refractivity contribution in [3.8, 4) is 0 Å². The minimum Gasteiger partial charge on any atom is -0.325 e. The van der Waals surface area contributed by atoms with Gasteiger partial charge in [-0.25, -0.2) is 4.98 Å². The summed E-state index contributed by atoms with van der Waals surface area (Å²) >= 11 is 1.80. The van der Waals surface area contributed by atoms with E-state index in [2.05, 4.69) is 45.0 Å². The molecule has 0 aliphatic heterocycles. The maximum Gasteiger partial charge on any atom is 0.0956 e. The third kappa shape index (κ3) is 2.89. The van der Waals surface area contributed by atoms with Crippen LogP contribution in [0.3, 0.4) is 0 Å². The van der Waals surface area contributed by atoms with Crippen LogP contribution in [0.15, 0.2) is 24.3 Å². The van der Waals surface area contributed by atoms with Gasteiger partial charge in [0.05, 0.1) is 15.2 Å². The largest absolute Gasteiger partial charge is 0.325 e. The van der Waals surface area contributed by atoms with Crippen LogP contribution >= 0.6 is 11.3 Å². The summed E-state index contributed by atoms with van der Waals surface area (Å²) in [6.07, 6.45) is 4.42. The molecule has 1 aromatic heterocycles. The van der Waals surface area contributed by atoms with Crippen molar-refractivity contribution in [3.63, 3.8) is 0 Å². The second kappa shape index (κ2) is 4.81. The van der Waals surface area contributed by atoms with Crippen LogP contribution in [-0.4, -0.2) is 10.5 Å². The lowest BCUT2D eigenvalue weighted by atomic mass is 9.64.